The molecule has 0 aliphatic carbocycles. The minimum absolute atomic E-state index is 0.296. The number of pyridine rings is 1. The van der Waals surface area contributed by atoms with Crippen LogP contribution in [0.4, 0.5) is 5.69 Å². The lowest BCUT2D eigenvalue weighted by atomic mass is 10.2. The highest BCUT2D eigenvalue weighted by atomic mass is 35.5. The maximum atomic E-state index is 6.13. The van der Waals surface area contributed by atoms with E-state index in [0.29, 0.717) is 11.8 Å². The van der Waals surface area contributed by atoms with E-state index in [1.54, 1.807) is 12.4 Å². The molecule has 0 amide bonds. The average Bonchev–Trinajstić information content (AvgIpc) is 2.86. The smallest absolute Gasteiger partial charge is 0.231 e. The molecule has 0 atom stereocenters. The van der Waals surface area contributed by atoms with Gasteiger partial charge in [-0.15, -0.1) is 0 Å². The van der Waals surface area contributed by atoms with Crippen molar-refractivity contribution in [3.8, 4) is 11.5 Å². The molecule has 98 valence electrons. The predicted molar refractivity (Wildman–Crippen MR) is 73.9 cm³/mol. The summed E-state index contributed by atoms with van der Waals surface area (Å²) in [7, 11) is 1.99. The van der Waals surface area contributed by atoms with Crippen molar-refractivity contribution in [2.24, 2.45) is 0 Å². The molecule has 3 rings (SSSR count). The summed E-state index contributed by atoms with van der Waals surface area (Å²) in [5.74, 6) is 1.60. The molecule has 4 nitrogen and oxygen atoms in total. The van der Waals surface area contributed by atoms with Crippen LogP contribution in [0.1, 0.15) is 5.56 Å². The van der Waals surface area contributed by atoms with Gasteiger partial charge in [0.25, 0.3) is 0 Å². The van der Waals surface area contributed by atoms with Crippen LogP contribution >= 0.6 is 11.6 Å². The van der Waals surface area contributed by atoms with Crippen molar-refractivity contribution >= 4 is 17.3 Å². The Morgan fingerprint density at radius 2 is 2.11 bits per heavy atom. The quantitative estimate of drug-likeness (QED) is 0.863. The van der Waals surface area contributed by atoms with Crippen molar-refractivity contribution in [1.82, 2.24) is 4.98 Å². The largest absolute Gasteiger partial charge is 0.454 e. The predicted octanol–water partition coefficient (Wildman–Crippen LogP) is 3.10. The van der Waals surface area contributed by atoms with Gasteiger partial charge in [-0.05, 0) is 23.8 Å². The SMILES string of the molecule is CN(Cc1ccc2c(c1)OCO2)c1ccncc1Cl. The fourth-order valence-corrected chi connectivity index (χ4v) is 2.34. The van der Waals surface area contributed by atoms with Crippen LogP contribution in [0, 0.1) is 0 Å². The van der Waals surface area contributed by atoms with Gasteiger partial charge < -0.3 is 14.4 Å². The second-order valence-electron chi connectivity index (χ2n) is 4.37. The fourth-order valence-electron chi connectivity index (χ4n) is 2.08. The number of ether oxygens (including phenoxy) is 2. The molecule has 1 aromatic heterocycles. The summed E-state index contributed by atoms with van der Waals surface area (Å²) in [5, 5.41) is 0.644. The zero-order valence-corrected chi connectivity index (χ0v) is 11.2. The van der Waals surface area contributed by atoms with Crippen LogP contribution < -0.4 is 14.4 Å². The number of hydrogen-bond acceptors (Lipinski definition) is 4. The molecule has 1 aliphatic rings. The molecule has 0 spiro atoms. The number of halogens is 1. The number of anilines is 1. The zero-order valence-electron chi connectivity index (χ0n) is 10.5. The summed E-state index contributed by atoms with van der Waals surface area (Å²) in [4.78, 5) is 6.06. The van der Waals surface area contributed by atoms with Crippen LogP contribution in [-0.2, 0) is 6.54 Å². The van der Waals surface area contributed by atoms with Gasteiger partial charge in [0.2, 0.25) is 6.79 Å². The number of nitrogens with zero attached hydrogens (tertiary/aromatic N) is 2. The Morgan fingerprint density at radius 3 is 2.95 bits per heavy atom. The van der Waals surface area contributed by atoms with Crippen molar-refractivity contribution in [2.75, 3.05) is 18.7 Å². The van der Waals surface area contributed by atoms with Crippen LogP contribution in [0.15, 0.2) is 36.7 Å². The highest BCUT2D eigenvalue weighted by Crippen LogP contribution is 2.33. The van der Waals surface area contributed by atoms with Crippen LogP contribution in [0.2, 0.25) is 5.02 Å². The maximum Gasteiger partial charge on any atom is 0.231 e. The van der Waals surface area contributed by atoms with Crippen LogP contribution in [0.25, 0.3) is 0 Å². The Labute approximate surface area is 116 Å². The molecule has 2 heterocycles. The maximum absolute atomic E-state index is 6.13. The van der Waals surface area contributed by atoms with E-state index >= 15 is 0 Å². The molecule has 0 saturated carbocycles. The molecular weight excluding hydrogens is 264 g/mol. The zero-order chi connectivity index (χ0) is 13.2. The molecule has 5 heteroatoms. The molecule has 1 aromatic carbocycles. The Bertz CT molecular complexity index is 604. The van der Waals surface area contributed by atoms with Gasteiger partial charge in [0.1, 0.15) is 0 Å². The lowest BCUT2D eigenvalue weighted by Gasteiger charge is -2.20. The minimum atomic E-state index is 0.296. The standard InChI is InChI=1S/C14H13ClN2O2/c1-17(12-4-5-16-7-11(12)15)8-10-2-3-13-14(6-10)19-9-18-13/h2-7H,8-9H2,1H3. The van der Waals surface area contributed by atoms with Crippen LogP contribution in [0.5, 0.6) is 11.5 Å². The van der Waals surface area contributed by atoms with Crippen molar-refractivity contribution in [1.29, 1.82) is 0 Å². The molecule has 0 bridgehead atoms. The van der Waals surface area contributed by atoms with Gasteiger partial charge in [-0.2, -0.15) is 0 Å². The molecule has 0 fully saturated rings. The number of rotatable bonds is 3. The summed E-state index contributed by atoms with van der Waals surface area (Å²) in [6, 6.07) is 7.85. The van der Waals surface area contributed by atoms with E-state index in [-0.39, 0.29) is 0 Å². The van der Waals surface area contributed by atoms with Gasteiger partial charge in [0.15, 0.2) is 11.5 Å². The van der Waals surface area contributed by atoms with Crippen LogP contribution in [0.3, 0.4) is 0 Å². The molecule has 1 aliphatic heterocycles. The topological polar surface area (TPSA) is 34.6 Å². The lowest BCUT2D eigenvalue weighted by Crippen LogP contribution is -2.16. The monoisotopic (exact) mass is 276 g/mol. The Balaban J connectivity index is 1.80. The van der Waals surface area contributed by atoms with E-state index in [9.17, 15) is 0 Å². The lowest BCUT2D eigenvalue weighted by molar-refractivity contribution is 0.174. The summed E-state index contributed by atoms with van der Waals surface area (Å²) in [6.07, 6.45) is 3.38. The number of aromatic nitrogens is 1. The van der Waals surface area contributed by atoms with Crippen LogP contribution in [-0.4, -0.2) is 18.8 Å². The Hall–Kier alpha value is -1.94. The number of hydrogen-bond donors (Lipinski definition) is 0. The van der Waals surface area contributed by atoms with Crippen molar-refractivity contribution in [2.45, 2.75) is 6.54 Å². The van der Waals surface area contributed by atoms with Gasteiger partial charge in [-0.1, -0.05) is 17.7 Å². The summed E-state index contributed by atoms with van der Waals surface area (Å²) < 4.78 is 10.7. The first-order valence-electron chi connectivity index (χ1n) is 5.93. The Morgan fingerprint density at radius 1 is 1.26 bits per heavy atom. The number of fused-ring (bicyclic) bond motifs is 1. The highest BCUT2D eigenvalue weighted by molar-refractivity contribution is 6.33. The van der Waals surface area contributed by atoms with E-state index in [0.717, 1.165) is 29.3 Å². The Kier molecular flexibility index (Phi) is 3.17. The average molecular weight is 277 g/mol. The second-order valence-corrected chi connectivity index (χ2v) is 4.78. The normalized spacial score (nSPS) is 12.5. The first-order valence-corrected chi connectivity index (χ1v) is 6.31. The molecule has 2 aromatic rings. The molecule has 0 saturated heterocycles. The van der Waals surface area contributed by atoms with E-state index in [2.05, 4.69) is 9.88 Å². The summed E-state index contributed by atoms with van der Waals surface area (Å²) >= 11 is 6.13. The van der Waals surface area contributed by atoms with Gasteiger partial charge in [-0.25, -0.2) is 0 Å². The second kappa shape index (κ2) is 4.97. The third-order valence-electron chi connectivity index (χ3n) is 3.02. The summed E-state index contributed by atoms with van der Waals surface area (Å²) in [6.45, 7) is 1.03. The molecule has 0 unspecified atom stereocenters. The van der Waals surface area contributed by atoms with Gasteiger partial charge in [-0.3, -0.25) is 4.98 Å². The molecular formula is C14H13ClN2O2. The third kappa shape index (κ3) is 2.44. The molecule has 0 radical (unpaired) electrons. The third-order valence-corrected chi connectivity index (χ3v) is 3.31. The molecule has 19 heavy (non-hydrogen) atoms. The van der Waals surface area contributed by atoms with E-state index in [1.807, 2.05) is 31.3 Å². The van der Waals surface area contributed by atoms with Crippen molar-refractivity contribution < 1.29 is 9.47 Å². The van der Waals surface area contributed by atoms with Crippen molar-refractivity contribution in [3.63, 3.8) is 0 Å². The molecule has 0 N–H and O–H groups in total. The fraction of sp³-hybridized carbons (Fsp3) is 0.214. The van der Waals surface area contributed by atoms with Gasteiger partial charge in [0, 0.05) is 26.0 Å². The number of benzene rings is 1. The van der Waals surface area contributed by atoms with Gasteiger partial charge in [0.05, 0.1) is 10.7 Å². The summed E-state index contributed by atoms with van der Waals surface area (Å²) in [5.41, 5.74) is 2.09. The van der Waals surface area contributed by atoms with E-state index in [4.69, 9.17) is 21.1 Å². The minimum Gasteiger partial charge on any atom is -0.454 e. The first kappa shape index (κ1) is 12.1. The van der Waals surface area contributed by atoms with Gasteiger partial charge >= 0.3 is 0 Å². The highest BCUT2D eigenvalue weighted by Gasteiger charge is 2.14. The van der Waals surface area contributed by atoms with Crippen molar-refractivity contribution in [3.05, 3.63) is 47.2 Å². The van der Waals surface area contributed by atoms with E-state index < -0.39 is 0 Å². The first-order chi connectivity index (χ1) is 9.24. The van der Waals surface area contributed by atoms with E-state index in [1.165, 1.54) is 0 Å².